The van der Waals surface area contributed by atoms with Crippen LogP contribution in [0.15, 0.2) is 18.2 Å². The quantitative estimate of drug-likeness (QED) is 0.847. The van der Waals surface area contributed by atoms with Crippen LogP contribution < -0.4 is 10.1 Å². The molecule has 0 aliphatic rings. The third kappa shape index (κ3) is 5.60. The monoisotopic (exact) mass is 295 g/mol. The van der Waals surface area contributed by atoms with Gasteiger partial charge in [-0.25, -0.2) is 0 Å². The molecule has 1 aromatic rings. The van der Waals surface area contributed by atoms with Crippen LogP contribution in [0.1, 0.15) is 10.4 Å². The zero-order valence-electron chi connectivity index (χ0n) is 9.46. The number of ether oxygens (including phenoxy) is 1. The van der Waals surface area contributed by atoms with Crippen LogP contribution in [0.3, 0.4) is 0 Å². The molecule has 0 heterocycles. The lowest BCUT2D eigenvalue weighted by atomic mass is 10.2. The molecule has 0 saturated carbocycles. The molecular formula is C11H9ClF3NO3. The number of amides is 1. The summed E-state index contributed by atoms with van der Waals surface area (Å²) in [6.07, 6.45) is -4.02. The first-order valence-corrected chi connectivity index (χ1v) is 5.40. The van der Waals surface area contributed by atoms with Gasteiger partial charge in [0.05, 0.1) is 5.56 Å². The van der Waals surface area contributed by atoms with Gasteiger partial charge >= 0.3 is 6.18 Å². The van der Waals surface area contributed by atoms with Crippen molar-refractivity contribution in [3.05, 3.63) is 28.8 Å². The second-order valence-electron chi connectivity index (χ2n) is 3.48. The van der Waals surface area contributed by atoms with Crippen molar-refractivity contribution in [2.24, 2.45) is 0 Å². The normalized spacial score (nSPS) is 10.9. The second kappa shape index (κ2) is 6.42. The number of carbonyl (C=O) groups is 2. The topological polar surface area (TPSA) is 55.4 Å². The fraction of sp³-hybridized carbons (Fsp3) is 0.273. The van der Waals surface area contributed by atoms with Crippen LogP contribution in [0.2, 0.25) is 5.02 Å². The first-order valence-electron chi connectivity index (χ1n) is 5.03. The first kappa shape index (κ1) is 15.3. The summed E-state index contributed by atoms with van der Waals surface area (Å²) in [5, 5.41) is 1.94. The van der Waals surface area contributed by atoms with Crippen molar-refractivity contribution >= 4 is 23.8 Å². The molecule has 0 spiro atoms. The predicted octanol–water partition coefficient (Wildman–Crippen LogP) is 2.21. The molecule has 0 aliphatic heterocycles. The summed E-state index contributed by atoms with van der Waals surface area (Å²) >= 11 is 5.64. The number of hydrogen-bond acceptors (Lipinski definition) is 3. The van der Waals surface area contributed by atoms with Gasteiger partial charge in [-0.3, -0.25) is 9.59 Å². The lowest BCUT2D eigenvalue weighted by Crippen LogP contribution is -2.36. The maximum absolute atomic E-state index is 11.8. The Morgan fingerprint density at radius 2 is 2.11 bits per heavy atom. The summed E-state index contributed by atoms with van der Waals surface area (Å²) in [6.45, 7) is -2.06. The van der Waals surface area contributed by atoms with E-state index in [0.717, 1.165) is 0 Å². The van der Waals surface area contributed by atoms with Crippen LogP contribution in [0, 0.1) is 0 Å². The van der Waals surface area contributed by atoms with Gasteiger partial charge in [0.15, 0.2) is 12.9 Å². The molecule has 0 radical (unpaired) electrons. The van der Waals surface area contributed by atoms with Gasteiger partial charge < -0.3 is 10.1 Å². The van der Waals surface area contributed by atoms with Crippen molar-refractivity contribution in [3.8, 4) is 5.75 Å². The zero-order chi connectivity index (χ0) is 14.5. The maximum Gasteiger partial charge on any atom is 0.405 e. The van der Waals surface area contributed by atoms with Crippen molar-refractivity contribution in [3.63, 3.8) is 0 Å². The van der Waals surface area contributed by atoms with E-state index in [0.29, 0.717) is 11.3 Å². The summed E-state index contributed by atoms with van der Waals surface area (Å²) in [6, 6.07) is 4.10. The molecule has 4 nitrogen and oxygen atoms in total. The molecule has 1 aromatic carbocycles. The highest BCUT2D eigenvalue weighted by atomic mass is 35.5. The van der Waals surface area contributed by atoms with Crippen molar-refractivity contribution in [2.75, 3.05) is 13.2 Å². The first-order chi connectivity index (χ1) is 8.81. The number of benzene rings is 1. The van der Waals surface area contributed by atoms with E-state index in [2.05, 4.69) is 0 Å². The van der Waals surface area contributed by atoms with Crippen molar-refractivity contribution in [1.82, 2.24) is 5.32 Å². The van der Waals surface area contributed by atoms with Crippen LogP contribution in [0.5, 0.6) is 5.75 Å². The van der Waals surface area contributed by atoms with Gasteiger partial charge in [-0.1, -0.05) is 11.6 Å². The minimum Gasteiger partial charge on any atom is -0.483 e. The van der Waals surface area contributed by atoms with Gasteiger partial charge in [-0.15, -0.1) is 0 Å². The lowest BCUT2D eigenvalue weighted by molar-refractivity contribution is -0.139. The summed E-state index contributed by atoms with van der Waals surface area (Å²) in [5.74, 6) is -0.870. The number of halogens is 4. The molecule has 0 atom stereocenters. The van der Waals surface area contributed by atoms with Crippen LogP contribution in [0.4, 0.5) is 13.2 Å². The van der Waals surface area contributed by atoms with E-state index in [9.17, 15) is 22.8 Å². The van der Waals surface area contributed by atoms with Crippen LogP contribution >= 0.6 is 11.6 Å². The number of rotatable bonds is 5. The molecule has 104 valence electrons. The van der Waals surface area contributed by atoms with Crippen molar-refractivity contribution < 1.29 is 27.5 Å². The Bertz CT molecular complexity index is 477. The van der Waals surface area contributed by atoms with Gasteiger partial charge in [-0.05, 0) is 18.2 Å². The van der Waals surface area contributed by atoms with E-state index in [1.54, 1.807) is 5.32 Å². The Hall–Kier alpha value is -1.76. The Balaban J connectivity index is 2.53. The number of alkyl halides is 3. The van der Waals surface area contributed by atoms with Gasteiger partial charge in [0.25, 0.3) is 5.91 Å². The molecule has 0 unspecified atom stereocenters. The predicted molar refractivity (Wildman–Crippen MR) is 61.4 cm³/mol. The number of aldehydes is 1. The summed E-state index contributed by atoms with van der Waals surface area (Å²) in [4.78, 5) is 21.8. The fourth-order valence-electron chi connectivity index (χ4n) is 1.14. The highest BCUT2D eigenvalue weighted by Gasteiger charge is 2.27. The molecule has 0 aliphatic carbocycles. The average molecular weight is 296 g/mol. The molecule has 1 amide bonds. The molecule has 1 rings (SSSR count). The molecule has 0 saturated heterocycles. The van der Waals surface area contributed by atoms with E-state index in [4.69, 9.17) is 16.3 Å². The van der Waals surface area contributed by atoms with Crippen molar-refractivity contribution in [1.29, 1.82) is 0 Å². The third-order valence-corrected chi connectivity index (χ3v) is 2.18. The highest BCUT2D eigenvalue weighted by Crippen LogP contribution is 2.21. The smallest absolute Gasteiger partial charge is 0.405 e. The Kier molecular flexibility index (Phi) is 5.17. The molecule has 0 bridgehead atoms. The zero-order valence-corrected chi connectivity index (χ0v) is 10.2. The van der Waals surface area contributed by atoms with Gasteiger partial charge in [0.2, 0.25) is 0 Å². The highest BCUT2D eigenvalue weighted by molar-refractivity contribution is 6.30. The Morgan fingerprint density at radius 3 is 2.68 bits per heavy atom. The molecule has 19 heavy (non-hydrogen) atoms. The summed E-state index contributed by atoms with van der Waals surface area (Å²) < 4.78 is 40.4. The SMILES string of the molecule is O=Cc1cc(Cl)ccc1OCC(=O)NCC(F)(F)F. The Labute approximate surface area is 111 Å². The van der Waals surface area contributed by atoms with Crippen LogP contribution in [-0.4, -0.2) is 31.5 Å². The van der Waals surface area contributed by atoms with E-state index >= 15 is 0 Å². The number of nitrogens with one attached hydrogen (secondary N) is 1. The molecular weight excluding hydrogens is 287 g/mol. The van der Waals surface area contributed by atoms with Gasteiger partial charge in [-0.2, -0.15) is 13.2 Å². The van der Waals surface area contributed by atoms with Crippen LogP contribution in [-0.2, 0) is 4.79 Å². The van der Waals surface area contributed by atoms with Crippen LogP contribution in [0.25, 0.3) is 0 Å². The van der Waals surface area contributed by atoms with Crippen molar-refractivity contribution in [2.45, 2.75) is 6.18 Å². The van der Waals surface area contributed by atoms with Gasteiger partial charge in [0.1, 0.15) is 12.3 Å². The Morgan fingerprint density at radius 1 is 1.42 bits per heavy atom. The van der Waals surface area contributed by atoms with Gasteiger partial charge in [0, 0.05) is 5.02 Å². The standard InChI is InChI=1S/C11H9ClF3NO3/c12-8-1-2-9(7(3-8)4-17)19-5-10(18)16-6-11(13,14)15/h1-4H,5-6H2,(H,16,18). The molecule has 0 aromatic heterocycles. The fourth-order valence-corrected chi connectivity index (χ4v) is 1.32. The average Bonchev–Trinajstić information content (AvgIpc) is 2.33. The van der Waals surface area contributed by atoms with E-state index in [-0.39, 0.29) is 11.3 Å². The maximum atomic E-state index is 11.8. The second-order valence-corrected chi connectivity index (χ2v) is 3.92. The molecule has 0 fully saturated rings. The largest absolute Gasteiger partial charge is 0.483 e. The minimum absolute atomic E-state index is 0.0709. The number of carbonyl (C=O) groups excluding carboxylic acids is 2. The summed E-state index contributed by atoms with van der Waals surface area (Å²) in [7, 11) is 0. The third-order valence-electron chi connectivity index (χ3n) is 1.94. The summed E-state index contributed by atoms with van der Waals surface area (Å²) in [5.41, 5.74) is 0.108. The van der Waals surface area contributed by atoms with E-state index < -0.39 is 25.2 Å². The van der Waals surface area contributed by atoms with E-state index in [1.807, 2.05) is 0 Å². The lowest BCUT2D eigenvalue weighted by Gasteiger charge is -2.10. The van der Waals surface area contributed by atoms with E-state index in [1.165, 1.54) is 18.2 Å². The molecule has 1 N–H and O–H groups in total. The molecule has 8 heteroatoms. The minimum atomic E-state index is -4.48. The number of hydrogen-bond donors (Lipinski definition) is 1.